The standard InChI is InChI=1S/C15H24N4O3S/c1-6-23-14(18-10(4)16)13-12(21-5)7-11(8-17-13)19-15(20)22-9(2)3/h7-10H,6,16H2,1-5H3,(H,19,20). The van der Waals surface area contributed by atoms with Gasteiger partial charge in [-0.3, -0.25) is 10.3 Å². The number of amides is 1. The fraction of sp³-hybridized carbons (Fsp3) is 0.533. The van der Waals surface area contributed by atoms with Gasteiger partial charge < -0.3 is 15.2 Å². The number of hydrogen-bond donors (Lipinski definition) is 2. The van der Waals surface area contributed by atoms with E-state index in [0.29, 0.717) is 22.2 Å². The van der Waals surface area contributed by atoms with Crippen LogP contribution in [0.15, 0.2) is 17.3 Å². The number of carbonyl (C=O) groups excluding carboxylic acids is 1. The Balaban J connectivity index is 3.05. The van der Waals surface area contributed by atoms with Crippen LogP contribution in [0.2, 0.25) is 0 Å². The SMILES string of the molecule is CCSC(=NC(C)N)c1ncc(NC(=O)OC(C)C)cc1OC. The number of aliphatic imine (C=N–C) groups is 1. The van der Waals surface area contributed by atoms with E-state index in [0.717, 1.165) is 5.75 Å². The van der Waals surface area contributed by atoms with E-state index >= 15 is 0 Å². The maximum atomic E-state index is 11.6. The Hall–Kier alpha value is -1.80. The zero-order valence-corrected chi connectivity index (χ0v) is 14.9. The van der Waals surface area contributed by atoms with Crippen LogP contribution in [0.3, 0.4) is 0 Å². The van der Waals surface area contributed by atoms with E-state index in [9.17, 15) is 4.79 Å². The van der Waals surface area contributed by atoms with Gasteiger partial charge in [0.15, 0.2) is 0 Å². The maximum Gasteiger partial charge on any atom is 0.411 e. The first-order valence-corrected chi connectivity index (χ1v) is 8.34. The Morgan fingerprint density at radius 1 is 1.48 bits per heavy atom. The molecule has 128 valence electrons. The number of nitrogens with two attached hydrogens (primary N) is 1. The number of nitrogens with zero attached hydrogens (tertiary/aromatic N) is 2. The lowest BCUT2D eigenvalue weighted by Crippen LogP contribution is -2.18. The van der Waals surface area contributed by atoms with Gasteiger partial charge in [0.05, 0.1) is 31.3 Å². The third-order valence-electron chi connectivity index (χ3n) is 2.47. The summed E-state index contributed by atoms with van der Waals surface area (Å²) in [7, 11) is 1.54. The zero-order chi connectivity index (χ0) is 17.4. The van der Waals surface area contributed by atoms with Crippen molar-refractivity contribution in [3.05, 3.63) is 18.0 Å². The van der Waals surface area contributed by atoms with Crippen molar-refractivity contribution in [2.75, 3.05) is 18.2 Å². The van der Waals surface area contributed by atoms with E-state index in [1.807, 2.05) is 6.92 Å². The van der Waals surface area contributed by atoms with Crippen LogP contribution in [0.1, 0.15) is 33.4 Å². The Morgan fingerprint density at radius 3 is 2.70 bits per heavy atom. The molecular weight excluding hydrogens is 316 g/mol. The lowest BCUT2D eigenvalue weighted by atomic mass is 10.3. The van der Waals surface area contributed by atoms with Gasteiger partial charge in [0.25, 0.3) is 0 Å². The van der Waals surface area contributed by atoms with Crippen LogP contribution in [-0.4, -0.2) is 41.3 Å². The van der Waals surface area contributed by atoms with Crippen LogP contribution in [0.4, 0.5) is 10.5 Å². The molecule has 3 N–H and O–H groups in total. The third kappa shape index (κ3) is 6.45. The number of nitrogens with one attached hydrogen (secondary N) is 1. The van der Waals surface area contributed by atoms with E-state index in [1.165, 1.54) is 25.1 Å². The third-order valence-corrected chi connectivity index (χ3v) is 3.33. The van der Waals surface area contributed by atoms with Crippen molar-refractivity contribution < 1.29 is 14.3 Å². The molecule has 0 fully saturated rings. The quantitative estimate of drug-likeness (QED) is 0.610. The minimum atomic E-state index is -0.538. The summed E-state index contributed by atoms with van der Waals surface area (Å²) in [4.78, 5) is 20.4. The summed E-state index contributed by atoms with van der Waals surface area (Å²) in [5, 5.41) is 3.32. The van der Waals surface area contributed by atoms with Crippen molar-refractivity contribution in [3.8, 4) is 5.75 Å². The first-order valence-electron chi connectivity index (χ1n) is 7.35. The van der Waals surface area contributed by atoms with Crippen molar-refractivity contribution in [1.82, 2.24) is 4.98 Å². The highest BCUT2D eigenvalue weighted by molar-refractivity contribution is 8.14. The highest BCUT2D eigenvalue weighted by Crippen LogP contribution is 2.25. The van der Waals surface area contributed by atoms with E-state index in [-0.39, 0.29) is 12.3 Å². The van der Waals surface area contributed by atoms with E-state index in [4.69, 9.17) is 15.2 Å². The highest BCUT2D eigenvalue weighted by Gasteiger charge is 2.15. The molecule has 8 heteroatoms. The molecule has 1 rings (SSSR count). The first-order chi connectivity index (χ1) is 10.9. The van der Waals surface area contributed by atoms with Crippen LogP contribution >= 0.6 is 11.8 Å². The largest absolute Gasteiger partial charge is 0.494 e. The second kappa shape index (κ2) is 9.36. The van der Waals surface area contributed by atoms with Crippen molar-refractivity contribution >= 4 is 28.6 Å². The first kappa shape index (κ1) is 19.2. The average Bonchev–Trinajstić information content (AvgIpc) is 2.45. The van der Waals surface area contributed by atoms with Crippen LogP contribution < -0.4 is 15.8 Å². The monoisotopic (exact) mass is 340 g/mol. The summed E-state index contributed by atoms with van der Waals surface area (Å²) in [5.74, 6) is 1.34. The molecule has 23 heavy (non-hydrogen) atoms. The summed E-state index contributed by atoms with van der Waals surface area (Å²) in [5.41, 5.74) is 6.83. The molecular formula is C15H24N4O3S. The molecule has 1 unspecified atom stereocenters. The van der Waals surface area contributed by atoms with Crippen molar-refractivity contribution in [2.24, 2.45) is 10.7 Å². The van der Waals surface area contributed by atoms with Crippen LogP contribution in [-0.2, 0) is 4.74 Å². The summed E-state index contributed by atoms with van der Waals surface area (Å²) in [6.07, 6.45) is 0.458. The fourth-order valence-corrected chi connectivity index (χ4v) is 2.48. The predicted octanol–water partition coefficient (Wildman–Crippen LogP) is 2.85. The fourth-order valence-electron chi connectivity index (χ4n) is 1.68. The number of carbonyl (C=O) groups is 1. The van der Waals surface area contributed by atoms with E-state index in [1.54, 1.807) is 26.8 Å². The molecule has 0 saturated heterocycles. The summed E-state index contributed by atoms with van der Waals surface area (Å²) in [6, 6.07) is 1.68. The molecule has 7 nitrogen and oxygen atoms in total. The average molecular weight is 340 g/mol. The zero-order valence-electron chi connectivity index (χ0n) is 14.1. The highest BCUT2D eigenvalue weighted by atomic mass is 32.2. The lowest BCUT2D eigenvalue weighted by Gasteiger charge is -2.13. The summed E-state index contributed by atoms with van der Waals surface area (Å²) in [6.45, 7) is 7.37. The van der Waals surface area contributed by atoms with Gasteiger partial charge >= 0.3 is 6.09 Å². The topological polar surface area (TPSA) is 98.8 Å². The predicted molar refractivity (Wildman–Crippen MR) is 94.3 cm³/mol. The van der Waals surface area contributed by atoms with E-state index in [2.05, 4.69) is 15.3 Å². The van der Waals surface area contributed by atoms with Crippen LogP contribution in [0.5, 0.6) is 5.75 Å². The molecule has 1 heterocycles. The molecule has 0 aromatic carbocycles. The molecule has 1 amide bonds. The number of pyridine rings is 1. The van der Waals surface area contributed by atoms with Crippen LogP contribution in [0, 0.1) is 0 Å². The van der Waals surface area contributed by atoms with Crippen molar-refractivity contribution in [1.29, 1.82) is 0 Å². The maximum absolute atomic E-state index is 11.6. The summed E-state index contributed by atoms with van der Waals surface area (Å²) < 4.78 is 10.4. The number of rotatable bonds is 6. The molecule has 0 saturated carbocycles. The minimum absolute atomic E-state index is 0.199. The number of anilines is 1. The summed E-state index contributed by atoms with van der Waals surface area (Å²) >= 11 is 1.53. The molecule has 0 radical (unpaired) electrons. The minimum Gasteiger partial charge on any atom is -0.494 e. The second-order valence-electron chi connectivity index (χ2n) is 4.96. The van der Waals surface area contributed by atoms with Gasteiger partial charge in [-0.2, -0.15) is 0 Å². The smallest absolute Gasteiger partial charge is 0.411 e. The van der Waals surface area contributed by atoms with Gasteiger partial charge in [-0.15, -0.1) is 11.8 Å². The molecule has 1 atom stereocenters. The van der Waals surface area contributed by atoms with Gasteiger partial charge in [0, 0.05) is 6.07 Å². The number of hydrogen-bond acceptors (Lipinski definition) is 7. The number of ether oxygens (including phenoxy) is 2. The van der Waals surface area contributed by atoms with Gasteiger partial charge in [0.1, 0.15) is 16.5 Å². The molecule has 0 spiro atoms. The number of methoxy groups -OCH3 is 1. The Labute approximate surface area is 141 Å². The van der Waals surface area contributed by atoms with Crippen LogP contribution in [0.25, 0.3) is 0 Å². The van der Waals surface area contributed by atoms with Gasteiger partial charge in [0.2, 0.25) is 0 Å². The molecule has 0 aliphatic rings. The van der Waals surface area contributed by atoms with Gasteiger partial charge in [-0.1, -0.05) is 6.92 Å². The molecule has 0 bridgehead atoms. The second-order valence-corrected chi connectivity index (χ2v) is 6.21. The molecule has 1 aromatic heterocycles. The lowest BCUT2D eigenvalue weighted by molar-refractivity contribution is 0.130. The van der Waals surface area contributed by atoms with Gasteiger partial charge in [-0.05, 0) is 26.5 Å². The number of aromatic nitrogens is 1. The molecule has 1 aromatic rings. The Kier molecular flexibility index (Phi) is 7.84. The molecule has 0 aliphatic carbocycles. The normalized spacial score (nSPS) is 12.9. The van der Waals surface area contributed by atoms with Crippen molar-refractivity contribution in [3.63, 3.8) is 0 Å². The van der Waals surface area contributed by atoms with Crippen molar-refractivity contribution in [2.45, 2.75) is 40.0 Å². The van der Waals surface area contributed by atoms with E-state index < -0.39 is 6.09 Å². The van der Waals surface area contributed by atoms with Gasteiger partial charge in [-0.25, -0.2) is 9.78 Å². The Bertz CT molecular complexity index is 562. The Morgan fingerprint density at radius 2 is 2.17 bits per heavy atom. The number of thioether (sulfide) groups is 1. The molecule has 0 aliphatic heterocycles.